The lowest BCUT2D eigenvalue weighted by Crippen LogP contribution is -2.50. The van der Waals surface area contributed by atoms with Crippen LogP contribution in [0.4, 0.5) is 5.69 Å². The monoisotopic (exact) mass is 389 g/mol. The van der Waals surface area contributed by atoms with E-state index in [1.54, 1.807) is 0 Å². The molecule has 0 bridgehead atoms. The van der Waals surface area contributed by atoms with Gasteiger partial charge in [0.15, 0.2) is 0 Å². The molecule has 1 fully saturated rings. The molecule has 27 heavy (non-hydrogen) atoms. The largest absolute Gasteiger partial charge is 0.354 e. The summed E-state index contributed by atoms with van der Waals surface area (Å²) in [6.45, 7) is 9.62. The Morgan fingerprint density at radius 2 is 2.00 bits per heavy atom. The maximum Gasteiger partial charge on any atom is 0.238 e. The predicted octanol–water partition coefficient (Wildman–Crippen LogP) is 3.36. The van der Waals surface area contributed by atoms with Crippen LogP contribution in [0, 0.1) is 11.8 Å². The van der Waals surface area contributed by atoms with E-state index in [2.05, 4.69) is 36.3 Å². The van der Waals surface area contributed by atoms with Crippen molar-refractivity contribution in [3.05, 3.63) is 24.3 Å². The summed E-state index contributed by atoms with van der Waals surface area (Å²) < 4.78 is 0. The maximum absolute atomic E-state index is 12.5. The van der Waals surface area contributed by atoms with Crippen molar-refractivity contribution in [2.75, 3.05) is 25.0 Å². The Morgan fingerprint density at radius 1 is 1.30 bits per heavy atom. The molecule has 148 valence electrons. The van der Waals surface area contributed by atoms with Gasteiger partial charge in [-0.1, -0.05) is 32.9 Å². The van der Waals surface area contributed by atoms with Crippen LogP contribution in [0.1, 0.15) is 40.0 Å². The number of nitrogens with zero attached hydrogens (tertiary/aromatic N) is 1. The Balaban J connectivity index is 1.52. The fourth-order valence-corrected chi connectivity index (χ4v) is 4.94. The molecule has 1 saturated heterocycles. The third-order valence-corrected chi connectivity index (χ3v) is 6.92. The van der Waals surface area contributed by atoms with Crippen LogP contribution in [-0.2, 0) is 9.59 Å². The third kappa shape index (κ3) is 5.26. The van der Waals surface area contributed by atoms with Gasteiger partial charge in [0.1, 0.15) is 0 Å². The lowest BCUT2D eigenvalue weighted by atomic mass is 9.94. The topological polar surface area (TPSA) is 61.4 Å². The zero-order valence-corrected chi connectivity index (χ0v) is 17.3. The van der Waals surface area contributed by atoms with Crippen molar-refractivity contribution in [1.82, 2.24) is 10.2 Å². The minimum atomic E-state index is -0.367. The normalized spacial score (nSPS) is 22.2. The number of rotatable bonds is 6. The van der Waals surface area contributed by atoms with E-state index in [1.165, 1.54) is 24.6 Å². The molecule has 2 amide bonds. The molecule has 0 aliphatic carbocycles. The van der Waals surface area contributed by atoms with E-state index in [1.807, 2.05) is 24.3 Å². The van der Waals surface area contributed by atoms with Crippen LogP contribution in [0.25, 0.3) is 0 Å². The number of anilines is 1. The van der Waals surface area contributed by atoms with Gasteiger partial charge in [-0.25, -0.2) is 0 Å². The van der Waals surface area contributed by atoms with Crippen LogP contribution in [0.5, 0.6) is 0 Å². The third-order valence-electron chi connectivity index (χ3n) is 5.64. The van der Waals surface area contributed by atoms with E-state index in [9.17, 15) is 9.59 Å². The van der Waals surface area contributed by atoms with Gasteiger partial charge in [0.05, 0.1) is 10.9 Å². The number of likely N-dealkylation sites (tertiary alicyclic amines) is 1. The molecule has 0 spiro atoms. The highest BCUT2D eigenvalue weighted by Gasteiger charge is 2.30. The predicted molar refractivity (Wildman–Crippen MR) is 111 cm³/mol. The Hall–Kier alpha value is -1.53. The fourth-order valence-electron chi connectivity index (χ4n) is 3.83. The van der Waals surface area contributed by atoms with Gasteiger partial charge in [0, 0.05) is 23.9 Å². The first-order valence-corrected chi connectivity index (χ1v) is 10.9. The summed E-state index contributed by atoms with van der Waals surface area (Å²) in [6.07, 6.45) is 2.68. The van der Waals surface area contributed by atoms with Gasteiger partial charge in [-0.3, -0.25) is 14.5 Å². The quantitative estimate of drug-likeness (QED) is 0.783. The van der Waals surface area contributed by atoms with Gasteiger partial charge in [-0.15, -0.1) is 11.8 Å². The highest BCUT2D eigenvalue weighted by molar-refractivity contribution is 8.01. The lowest BCUT2D eigenvalue weighted by Gasteiger charge is -2.39. The molecule has 1 aromatic carbocycles. The molecule has 0 saturated carbocycles. The SMILES string of the molecule is CC1CCN(C(CNC(=O)CC2Sc3ccccc3NC2=O)C(C)C)CC1. The molecule has 2 N–H and O–H groups in total. The Labute approximate surface area is 166 Å². The first-order valence-electron chi connectivity index (χ1n) is 10.0. The second-order valence-corrected chi connectivity index (χ2v) is 9.37. The number of para-hydroxylation sites is 1. The van der Waals surface area contributed by atoms with E-state index in [-0.39, 0.29) is 23.5 Å². The number of piperidine rings is 1. The first kappa shape index (κ1) is 20.2. The van der Waals surface area contributed by atoms with Crippen LogP contribution in [0.3, 0.4) is 0 Å². The highest BCUT2D eigenvalue weighted by Crippen LogP contribution is 2.36. The summed E-state index contributed by atoms with van der Waals surface area (Å²) in [4.78, 5) is 28.3. The number of fused-ring (bicyclic) bond motifs is 1. The number of benzene rings is 1. The molecule has 2 atom stereocenters. The Kier molecular flexibility index (Phi) is 6.82. The minimum absolute atomic E-state index is 0.0435. The molecule has 0 radical (unpaired) electrons. The molecular weight excluding hydrogens is 358 g/mol. The second kappa shape index (κ2) is 9.11. The maximum atomic E-state index is 12.5. The van der Waals surface area contributed by atoms with Crippen molar-refractivity contribution in [3.63, 3.8) is 0 Å². The summed E-state index contributed by atoms with van der Waals surface area (Å²) in [6, 6.07) is 8.09. The number of hydrogen-bond acceptors (Lipinski definition) is 4. The van der Waals surface area contributed by atoms with Crippen molar-refractivity contribution in [2.24, 2.45) is 11.8 Å². The van der Waals surface area contributed by atoms with Crippen molar-refractivity contribution in [2.45, 2.75) is 56.2 Å². The van der Waals surface area contributed by atoms with Gasteiger partial charge in [-0.2, -0.15) is 0 Å². The number of carbonyl (C=O) groups is 2. The molecule has 3 rings (SSSR count). The van der Waals surface area contributed by atoms with E-state index in [0.717, 1.165) is 29.6 Å². The molecule has 2 unspecified atom stereocenters. The molecule has 5 nitrogen and oxygen atoms in total. The number of amides is 2. The average molecular weight is 390 g/mol. The van der Waals surface area contributed by atoms with E-state index in [0.29, 0.717) is 18.5 Å². The zero-order valence-electron chi connectivity index (χ0n) is 16.5. The van der Waals surface area contributed by atoms with Crippen molar-refractivity contribution in [1.29, 1.82) is 0 Å². The average Bonchev–Trinajstić information content (AvgIpc) is 2.63. The molecule has 2 aliphatic rings. The van der Waals surface area contributed by atoms with E-state index in [4.69, 9.17) is 0 Å². The standard InChI is InChI=1S/C21H31N3O2S/c1-14(2)17(24-10-8-15(3)9-11-24)13-22-20(25)12-19-21(26)23-16-6-4-5-7-18(16)27-19/h4-7,14-15,17,19H,8-13H2,1-3H3,(H,22,25)(H,23,26). The number of hydrogen-bond donors (Lipinski definition) is 2. The summed E-state index contributed by atoms with van der Waals surface area (Å²) in [5.74, 6) is 1.16. The summed E-state index contributed by atoms with van der Waals surface area (Å²) in [5.41, 5.74) is 0.836. The number of nitrogens with one attached hydrogen (secondary N) is 2. The Bertz CT molecular complexity index is 671. The van der Waals surface area contributed by atoms with Crippen LogP contribution < -0.4 is 10.6 Å². The van der Waals surface area contributed by atoms with Gasteiger partial charge in [0.2, 0.25) is 11.8 Å². The summed E-state index contributed by atoms with van der Waals surface area (Å²) in [7, 11) is 0. The van der Waals surface area contributed by atoms with Gasteiger partial charge >= 0.3 is 0 Å². The molecule has 2 aliphatic heterocycles. The summed E-state index contributed by atoms with van der Waals surface area (Å²) >= 11 is 1.48. The molecule has 0 aromatic heterocycles. The minimum Gasteiger partial charge on any atom is -0.354 e. The van der Waals surface area contributed by atoms with Crippen molar-refractivity contribution < 1.29 is 9.59 Å². The molecule has 1 aromatic rings. The van der Waals surface area contributed by atoms with Crippen molar-refractivity contribution >= 4 is 29.3 Å². The molecule has 6 heteroatoms. The van der Waals surface area contributed by atoms with E-state index < -0.39 is 0 Å². The zero-order chi connectivity index (χ0) is 19.4. The smallest absolute Gasteiger partial charge is 0.238 e. The van der Waals surface area contributed by atoms with Gasteiger partial charge < -0.3 is 10.6 Å². The first-order chi connectivity index (χ1) is 12.9. The summed E-state index contributed by atoms with van der Waals surface area (Å²) in [5, 5.41) is 5.63. The number of thioether (sulfide) groups is 1. The van der Waals surface area contributed by atoms with Crippen LogP contribution in [0.2, 0.25) is 0 Å². The lowest BCUT2D eigenvalue weighted by molar-refractivity contribution is -0.124. The Morgan fingerprint density at radius 3 is 2.70 bits per heavy atom. The number of carbonyl (C=O) groups excluding carboxylic acids is 2. The van der Waals surface area contributed by atoms with Gasteiger partial charge in [0.25, 0.3) is 0 Å². The molecule has 2 heterocycles. The van der Waals surface area contributed by atoms with Crippen molar-refractivity contribution in [3.8, 4) is 0 Å². The van der Waals surface area contributed by atoms with Crippen LogP contribution in [-0.4, -0.2) is 47.6 Å². The second-order valence-electron chi connectivity index (χ2n) is 8.13. The molecular formula is C21H31N3O2S. The fraction of sp³-hybridized carbons (Fsp3) is 0.619. The van der Waals surface area contributed by atoms with E-state index >= 15 is 0 Å². The van der Waals surface area contributed by atoms with Crippen LogP contribution >= 0.6 is 11.8 Å². The van der Waals surface area contributed by atoms with Crippen LogP contribution in [0.15, 0.2) is 29.2 Å². The highest BCUT2D eigenvalue weighted by atomic mass is 32.2. The van der Waals surface area contributed by atoms with Gasteiger partial charge in [-0.05, 0) is 49.9 Å².